The molecule has 0 bridgehead atoms. The minimum atomic E-state index is -0.270. The Kier molecular flexibility index (Phi) is 2.86. The van der Waals surface area contributed by atoms with Crippen LogP contribution in [0.25, 0.3) is 0 Å². The molecule has 0 spiro atoms. The van der Waals surface area contributed by atoms with Crippen molar-refractivity contribution in [1.82, 2.24) is 5.06 Å². The van der Waals surface area contributed by atoms with Crippen molar-refractivity contribution in [3.63, 3.8) is 0 Å². The van der Waals surface area contributed by atoms with Crippen LogP contribution in [0.5, 0.6) is 0 Å². The lowest BCUT2D eigenvalue weighted by atomic mass is 9.77. The van der Waals surface area contributed by atoms with E-state index in [9.17, 15) is 5.11 Å². The molecule has 1 aliphatic heterocycles. The maximum atomic E-state index is 9.26. The maximum Gasteiger partial charge on any atom is 0.0958 e. The minimum absolute atomic E-state index is 0.270. The molecule has 2 rings (SSSR count). The number of aliphatic hydroxyl groups is 1. The van der Waals surface area contributed by atoms with Crippen molar-refractivity contribution in [2.24, 2.45) is 11.8 Å². The van der Waals surface area contributed by atoms with Gasteiger partial charge in [-0.3, -0.25) is 4.84 Å². The zero-order valence-electron chi connectivity index (χ0n) is 8.28. The summed E-state index contributed by atoms with van der Waals surface area (Å²) in [5.41, 5.74) is 0. The normalized spacial score (nSPS) is 33.2. The van der Waals surface area contributed by atoms with E-state index >= 15 is 0 Å². The summed E-state index contributed by atoms with van der Waals surface area (Å²) in [6, 6.07) is 0. The number of nitrogens with zero attached hydrogens (tertiary/aromatic N) is 1. The lowest BCUT2D eigenvalue weighted by Gasteiger charge is -2.33. The first-order valence-electron chi connectivity index (χ1n) is 5.31. The molecule has 13 heavy (non-hydrogen) atoms. The smallest absolute Gasteiger partial charge is 0.0958 e. The summed E-state index contributed by atoms with van der Waals surface area (Å²) in [4.78, 5) is 5.34. The Hall–Kier alpha value is -0.120. The number of hydrogen-bond donors (Lipinski definition) is 1. The molecule has 1 saturated heterocycles. The van der Waals surface area contributed by atoms with Crippen LogP contribution in [-0.2, 0) is 4.84 Å². The Balaban J connectivity index is 1.71. The Morgan fingerprint density at radius 1 is 1.54 bits per heavy atom. The van der Waals surface area contributed by atoms with Gasteiger partial charge in [0, 0.05) is 6.54 Å². The van der Waals surface area contributed by atoms with E-state index in [-0.39, 0.29) is 6.10 Å². The van der Waals surface area contributed by atoms with Crippen molar-refractivity contribution in [1.29, 1.82) is 0 Å². The topological polar surface area (TPSA) is 32.7 Å². The molecule has 3 nitrogen and oxygen atoms in total. The average molecular weight is 185 g/mol. The first-order chi connectivity index (χ1) is 6.25. The quantitative estimate of drug-likeness (QED) is 0.713. The molecule has 0 aromatic heterocycles. The predicted molar refractivity (Wildman–Crippen MR) is 50.0 cm³/mol. The molecule has 0 amide bonds. The third-order valence-electron chi connectivity index (χ3n) is 3.31. The molecule has 0 aromatic carbocycles. The zero-order chi connectivity index (χ0) is 9.26. The Morgan fingerprint density at radius 3 is 2.77 bits per heavy atom. The van der Waals surface area contributed by atoms with Crippen LogP contribution in [0.2, 0.25) is 0 Å². The van der Waals surface area contributed by atoms with Gasteiger partial charge in [0.2, 0.25) is 0 Å². The van der Waals surface area contributed by atoms with Gasteiger partial charge in [0.25, 0.3) is 0 Å². The highest BCUT2D eigenvalue weighted by Crippen LogP contribution is 2.33. The molecule has 2 aliphatic rings. The Bertz CT molecular complexity index is 170. The van der Waals surface area contributed by atoms with E-state index in [1.165, 1.54) is 19.3 Å². The van der Waals surface area contributed by atoms with E-state index in [0.717, 1.165) is 18.4 Å². The summed E-state index contributed by atoms with van der Waals surface area (Å²) in [6.07, 6.45) is 3.90. The second-order valence-electron chi connectivity index (χ2n) is 4.46. The maximum absolute atomic E-state index is 9.26. The summed E-state index contributed by atoms with van der Waals surface area (Å²) >= 11 is 0. The fourth-order valence-corrected chi connectivity index (χ4v) is 2.14. The van der Waals surface area contributed by atoms with E-state index in [2.05, 4.69) is 6.92 Å². The van der Waals surface area contributed by atoms with E-state index in [1.807, 2.05) is 5.06 Å². The van der Waals surface area contributed by atoms with Gasteiger partial charge in [-0.2, -0.15) is 5.06 Å². The van der Waals surface area contributed by atoms with Crippen LogP contribution < -0.4 is 0 Å². The van der Waals surface area contributed by atoms with Crippen molar-refractivity contribution in [3.05, 3.63) is 0 Å². The van der Waals surface area contributed by atoms with Gasteiger partial charge >= 0.3 is 0 Å². The highest BCUT2D eigenvalue weighted by atomic mass is 16.7. The van der Waals surface area contributed by atoms with Gasteiger partial charge in [-0.25, -0.2) is 0 Å². The van der Waals surface area contributed by atoms with Gasteiger partial charge < -0.3 is 5.11 Å². The van der Waals surface area contributed by atoms with Crippen LogP contribution in [-0.4, -0.2) is 36.0 Å². The van der Waals surface area contributed by atoms with Gasteiger partial charge in [-0.1, -0.05) is 26.2 Å². The summed E-state index contributed by atoms with van der Waals surface area (Å²) in [5, 5.41) is 11.2. The lowest BCUT2D eigenvalue weighted by Crippen LogP contribution is -2.32. The summed E-state index contributed by atoms with van der Waals surface area (Å²) in [5.74, 6) is 1.63. The van der Waals surface area contributed by atoms with Crippen LogP contribution in [0, 0.1) is 11.8 Å². The molecule has 0 aromatic rings. The van der Waals surface area contributed by atoms with E-state index < -0.39 is 0 Å². The van der Waals surface area contributed by atoms with Gasteiger partial charge in [-0.05, 0) is 11.8 Å². The van der Waals surface area contributed by atoms with Crippen molar-refractivity contribution in [2.75, 3.05) is 19.7 Å². The van der Waals surface area contributed by atoms with Gasteiger partial charge in [0.05, 0.1) is 19.3 Å². The number of hydroxylamine groups is 2. The molecule has 1 heterocycles. The molecule has 0 radical (unpaired) electrons. The van der Waals surface area contributed by atoms with Gasteiger partial charge in [-0.15, -0.1) is 0 Å². The summed E-state index contributed by atoms with van der Waals surface area (Å²) in [7, 11) is 0. The second kappa shape index (κ2) is 3.95. The molecular formula is C10H19NO2. The third-order valence-corrected chi connectivity index (χ3v) is 3.31. The monoisotopic (exact) mass is 185 g/mol. The summed E-state index contributed by atoms with van der Waals surface area (Å²) in [6.45, 7) is 4.45. The fourth-order valence-electron chi connectivity index (χ4n) is 2.14. The standard InChI is InChI=1S/C10H19NO2/c1-8(9-3-2-4-9)5-11-6-10(12)7-13-11/h8-10,12H,2-7H2,1H3/t8?,10-/m0/s1. The fraction of sp³-hybridized carbons (Fsp3) is 1.00. The van der Waals surface area contributed by atoms with Crippen LogP contribution in [0.4, 0.5) is 0 Å². The van der Waals surface area contributed by atoms with Crippen molar-refractivity contribution < 1.29 is 9.94 Å². The number of hydrogen-bond acceptors (Lipinski definition) is 3. The number of aliphatic hydroxyl groups excluding tert-OH is 1. The largest absolute Gasteiger partial charge is 0.389 e. The molecule has 1 saturated carbocycles. The van der Waals surface area contributed by atoms with Crippen LogP contribution >= 0.6 is 0 Å². The van der Waals surface area contributed by atoms with Gasteiger partial charge in [0.15, 0.2) is 0 Å². The molecule has 1 N–H and O–H groups in total. The van der Waals surface area contributed by atoms with Crippen LogP contribution in [0.3, 0.4) is 0 Å². The van der Waals surface area contributed by atoms with E-state index in [0.29, 0.717) is 13.2 Å². The van der Waals surface area contributed by atoms with E-state index in [4.69, 9.17) is 4.84 Å². The van der Waals surface area contributed by atoms with Crippen molar-refractivity contribution in [2.45, 2.75) is 32.3 Å². The Morgan fingerprint density at radius 2 is 2.31 bits per heavy atom. The van der Waals surface area contributed by atoms with Crippen LogP contribution in [0.1, 0.15) is 26.2 Å². The minimum Gasteiger partial charge on any atom is -0.389 e. The molecular weight excluding hydrogens is 166 g/mol. The predicted octanol–water partition coefficient (Wildman–Crippen LogP) is 1.03. The second-order valence-corrected chi connectivity index (χ2v) is 4.46. The number of rotatable bonds is 3. The highest BCUT2D eigenvalue weighted by molar-refractivity contribution is 4.77. The van der Waals surface area contributed by atoms with Crippen LogP contribution in [0.15, 0.2) is 0 Å². The molecule has 1 unspecified atom stereocenters. The highest BCUT2D eigenvalue weighted by Gasteiger charge is 2.28. The molecule has 2 atom stereocenters. The first kappa shape index (κ1) is 9.44. The average Bonchev–Trinajstić information content (AvgIpc) is 2.31. The number of β-amino-alcohol motifs (C(OH)–C–C–N with tert-alkyl or cyclic N) is 1. The first-order valence-corrected chi connectivity index (χ1v) is 5.31. The molecule has 3 heteroatoms. The van der Waals surface area contributed by atoms with E-state index in [1.54, 1.807) is 0 Å². The third kappa shape index (κ3) is 2.22. The summed E-state index contributed by atoms with van der Waals surface area (Å²) < 4.78 is 0. The SMILES string of the molecule is CC(CN1C[C@H](O)CO1)C1CCC1. The zero-order valence-corrected chi connectivity index (χ0v) is 8.28. The molecule has 1 aliphatic carbocycles. The Labute approximate surface area is 79.6 Å². The molecule has 76 valence electrons. The lowest BCUT2D eigenvalue weighted by molar-refractivity contribution is -0.123. The van der Waals surface area contributed by atoms with Gasteiger partial charge in [0.1, 0.15) is 0 Å². The molecule has 2 fully saturated rings. The van der Waals surface area contributed by atoms with Crippen molar-refractivity contribution in [3.8, 4) is 0 Å². The van der Waals surface area contributed by atoms with Crippen molar-refractivity contribution >= 4 is 0 Å².